The molecule has 0 aromatic heterocycles. The smallest absolute Gasteiger partial charge is 0.338 e. The van der Waals surface area contributed by atoms with E-state index in [2.05, 4.69) is 30.8 Å². The van der Waals surface area contributed by atoms with Crippen LogP contribution in [0.25, 0.3) is 32.7 Å². The largest absolute Gasteiger partial charge is 0.489 e. The van der Waals surface area contributed by atoms with Crippen molar-refractivity contribution in [1.82, 2.24) is 0 Å². The van der Waals surface area contributed by atoms with Crippen molar-refractivity contribution in [2.24, 2.45) is 0 Å². The highest BCUT2D eigenvalue weighted by Crippen LogP contribution is 2.46. The predicted octanol–water partition coefficient (Wildman–Crippen LogP) is 6.72. The monoisotopic (exact) mass is 546 g/mol. The van der Waals surface area contributed by atoms with E-state index in [1.165, 1.54) is 0 Å². The molecule has 1 aliphatic heterocycles. The number of esters is 2. The molecule has 0 atom stereocenters. The van der Waals surface area contributed by atoms with E-state index < -0.39 is 18.0 Å². The van der Waals surface area contributed by atoms with Gasteiger partial charge in [-0.1, -0.05) is 67.2 Å². The van der Waals surface area contributed by atoms with Crippen molar-refractivity contribution >= 4 is 33.5 Å². The molecule has 41 heavy (non-hydrogen) atoms. The summed E-state index contributed by atoms with van der Waals surface area (Å²) >= 11 is 0. The Labute approximate surface area is 236 Å². The van der Waals surface area contributed by atoms with Crippen molar-refractivity contribution in [3.8, 4) is 28.4 Å². The SMILES string of the molecule is C=CC(=O)OCOc1ccc(C(=O)OC2COc3ccc4ccccc4c3-c3c(ccc4ccccc34)OC2)cc1. The first-order valence-corrected chi connectivity index (χ1v) is 13.1. The number of benzene rings is 5. The average Bonchev–Trinajstić information content (AvgIpc) is 3.09. The molecule has 6 rings (SSSR count). The topological polar surface area (TPSA) is 80.3 Å². The van der Waals surface area contributed by atoms with Crippen LogP contribution in [0.1, 0.15) is 10.4 Å². The lowest BCUT2D eigenvalue weighted by atomic mass is 9.92. The van der Waals surface area contributed by atoms with Crippen LogP contribution in [0.5, 0.6) is 17.2 Å². The van der Waals surface area contributed by atoms with Gasteiger partial charge in [0, 0.05) is 17.2 Å². The van der Waals surface area contributed by atoms with Gasteiger partial charge in [-0.25, -0.2) is 9.59 Å². The Kier molecular flexibility index (Phi) is 7.24. The molecule has 0 saturated carbocycles. The molecule has 1 aliphatic rings. The van der Waals surface area contributed by atoms with Crippen LogP contribution in [-0.4, -0.2) is 38.0 Å². The molecule has 5 aromatic rings. The molecule has 0 bridgehead atoms. The zero-order chi connectivity index (χ0) is 28.2. The maximum Gasteiger partial charge on any atom is 0.338 e. The molecule has 1 heterocycles. The Balaban J connectivity index is 1.27. The minimum absolute atomic E-state index is 0.110. The number of carbonyl (C=O) groups excluding carboxylic acids is 2. The van der Waals surface area contributed by atoms with Crippen LogP contribution in [0.3, 0.4) is 0 Å². The van der Waals surface area contributed by atoms with Gasteiger partial charge in [0.25, 0.3) is 0 Å². The third kappa shape index (κ3) is 5.43. The molecule has 0 saturated heterocycles. The maximum atomic E-state index is 13.0. The summed E-state index contributed by atoms with van der Waals surface area (Å²) in [5, 5.41) is 4.26. The van der Waals surface area contributed by atoms with Crippen molar-refractivity contribution in [2.45, 2.75) is 6.10 Å². The van der Waals surface area contributed by atoms with Crippen LogP contribution in [0, 0.1) is 0 Å². The van der Waals surface area contributed by atoms with E-state index in [9.17, 15) is 9.59 Å². The molecule has 204 valence electrons. The van der Waals surface area contributed by atoms with E-state index in [1.807, 2.05) is 48.5 Å². The van der Waals surface area contributed by atoms with Crippen molar-refractivity contribution < 1.29 is 33.3 Å². The standard InChI is InChI=1S/C34H26O7/c1-2-31(35)40-21-39-25-15-11-24(12-16-25)34(36)41-26-19-37-29-17-13-22-7-3-5-9-27(22)32(29)33-28-10-6-4-8-23(28)14-18-30(33)38-20-26/h2-18,26H,1,19-21H2. The van der Waals surface area contributed by atoms with Crippen LogP contribution in [-0.2, 0) is 14.3 Å². The Morgan fingerprint density at radius 1 is 0.756 bits per heavy atom. The van der Waals surface area contributed by atoms with Crippen molar-refractivity contribution in [1.29, 1.82) is 0 Å². The molecule has 0 N–H and O–H groups in total. The van der Waals surface area contributed by atoms with Crippen LogP contribution < -0.4 is 14.2 Å². The van der Waals surface area contributed by atoms with Crippen molar-refractivity contribution in [3.05, 3.63) is 115 Å². The van der Waals surface area contributed by atoms with Crippen LogP contribution in [0.15, 0.2) is 110 Å². The lowest BCUT2D eigenvalue weighted by Crippen LogP contribution is -2.31. The minimum Gasteiger partial charge on any atom is -0.489 e. The molecule has 0 radical (unpaired) electrons. The van der Waals surface area contributed by atoms with Crippen LogP contribution in [0.2, 0.25) is 0 Å². The minimum atomic E-state index is -0.673. The zero-order valence-corrected chi connectivity index (χ0v) is 22.1. The fourth-order valence-electron chi connectivity index (χ4n) is 4.86. The highest BCUT2D eigenvalue weighted by atomic mass is 16.7. The molecule has 0 aliphatic carbocycles. The first-order valence-electron chi connectivity index (χ1n) is 13.1. The molecule has 0 unspecified atom stereocenters. The van der Waals surface area contributed by atoms with Crippen LogP contribution in [0.4, 0.5) is 0 Å². The number of hydrogen-bond donors (Lipinski definition) is 0. The van der Waals surface area contributed by atoms with Gasteiger partial charge in [-0.3, -0.25) is 0 Å². The third-order valence-electron chi connectivity index (χ3n) is 6.84. The van der Waals surface area contributed by atoms with Gasteiger partial charge < -0.3 is 23.7 Å². The fourth-order valence-corrected chi connectivity index (χ4v) is 4.86. The van der Waals surface area contributed by atoms with Gasteiger partial charge >= 0.3 is 11.9 Å². The predicted molar refractivity (Wildman–Crippen MR) is 155 cm³/mol. The number of carbonyl (C=O) groups is 2. The summed E-state index contributed by atoms with van der Waals surface area (Å²) in [5.41, 5.74) is 2.21. The van der Waals surface area contributed by atoms with E-state index in [0.717, 1.165) is 38.7 Å². The second-order valence-electron chi connectivity index (χ2n) is 9.42. The summed E-state index contributed by atoms with van der Waals surface area (Å²) in [5.74, 6) is 0.693. The molecule has 0 amide bonds. The summed E-state index contributed by atoms with van der Waals surface area (Å²) in [7, 11) is 0. The van der Waals surface area contributed by atoms with Gasteiger partial charge in [0.1, 0.15) is 30.5 Å². The lowest BCUT2D eigenvalue weighted by molar-refractivity contribution is -0.144. The fraction of sp³-hybridized carbons (Fsp3) is 0.118. The van der Waals surface area contributed by atoms with Gasteiger partial charge in [-0.05, 0) is 57.9 Å². The molecular formula is C34H26O7. The summed E-state index contributed by atoms with van der Waals surface area (Å²) in [6.45, 7) is 3.28. The first-order chi connectivity index (χ1) is 20.1. The van der Waals surface area contributed by atoms with E-state index >= 15 is 0 Å². The first kappa shape index (κ1) is 26.0. The Morgan fingerprint density at radius 3 is 1.88 bits per heavy atom. The normalized spacial score (nSPS) is 12.9. The zero-order valence-electron chi connectivity index (χ0n) is 22.1. The van der Waals surface area contributed by atoms with Crippen LogP contribution >= 0.6 is 0 Å². The number of rotatable bonds is 6. The summed E-state index contributed by atoms with van der Waals surface area (Å²) in [6, 6.07) is 30.7. The summed E-state index contributed by atoms with van der Waals surface area (Å²) in [6.07, 6.45) is 0.378. The number of fused-ring (bicyclic) bond motifs is 7. The quantitative estimate of drug-likeness (QED) is 0.133. The highest BCUT2D eigenvalue weighted by molar-refractivity contribution is 6.09. The molecule has 0 fully saturated rings. The molecule has 5 aromatic carbocycles. The van der Waals surface area contributed by atoms with Gasteiger partial charge in [0.15, 0.2) is 6.10 Å². The second-order valence-corrected chi connectivity index (χ2v) is 9.42. The molecule has 7 heteroatoms. The van der Waals surface area contributed by atoms with Crippen molar-refractivity contribution in [2.75, 3.05) is 20.0 Å². The van der Waals surface area contributed by atoms with Gasteiger partial charge in [-0.15, -0.1) is 0 Å². The van der Waals surface area contributed by atoms with E-state index in [1.54, 1.807) is 24.3 Å². The highest BCUT2D eigenvalue weighted by Gasteiger charge is 2.25. The number of hydrogen-bond acceptors (Lipinski definition) is 7. The van der Waals surface area contributed by atoms with E-state index in [0.29, 0.717) is 22.8 Å². The third-order valence-corrected chi connectivity index (χ3v) is 6.84. The van der Waals surface area contributed by atoms with Gasteiger partial charge in [0.05, 0.1) is 5.56 Å². The van der Waals surface area contributed by atoms with E-state index in [4.69, 9.17) is 23.7 Å². The molecule has 0 spiro atoms. The molecular weight excluding hydrogens is 520 g/mol. The second kappa shape index (κ2) is 11.4. The average molecular weight is 547 g/mol. The molecule has 7 nitrogen and oxygen atoms in total. The van der Waals surface area contributed by atoms with Crippen molar-refractivity contribution in [3.63, 3.8) is 0 Å². The Morgan fingerprint density at radius 2 is 1.32 bits per heavy atom. The Bertz CT molecular complexity index is 1670. The van der Waals surface area contributed by atoms with Gasteiger partial charge in [-0.2, -0.15) is 0 Å². The summed E-state index contributed by atoms with van der Waals surface area (Å²) < 4.78 is 28.7. The summed E-state index contributed by atoms with van der Waals surface area (Å²) in [4.78, 5) is 24.2. The lowest BCUT2D eigenvalue weighted by Gasteiger charge is -2.18. The maximum absolute atomic E-state index is 13.0. The van der Waals surface area contributed by atoms with Gasteiger partial charge in [0.2, 0.25) is 6.79 Å². The van der Waals surface area contributed by atoms with E-state index in [-0.39, 0.29) is 20.0 Å². The number of ether oxygens (including phenoxy) is 5. The Hall–Kier alpha value is -5.30.